The number of alkyl halides is 3. The number of rotatable bonds is 6. The fraction of sp³-hybridized carbons (Fsp3) is 0.400. The number of anilines is 2. The van der Waals surface area contributed by atoms with Crippen molar-refractivity contribution in [1.82, 2.24) is 5.43 Å². The van der Waals surface area contributed by atoms with Crippen molar-refractivity contribution < 1.29 is 27.8 Å². The number of nitrogens with one attached hydrogen (secondary N) is 3. The molecule has 3 rings (SSSR count). The van der Waals surface area contributed by atoms with Crippen molar-refractivity contribution in [3.63, 3.8) is 0 Å². The molecule has 1 heterocycles. The molecular formula is C20H22ClF4N3O2. The van der Waals surface area contributed by atoms with Gasteiger partial charge < -0.3 is 21.0 Å². The third kappa shape index (κ3) is 4.28. The quantitative estimate of drug-likeness (QED) is 0.415. The smallest absolute Gasteiger partial charge is 0.418 e. The standard InChI is InChI=1S/C20H22ClF4N3O2/c1-18(2,12-6-14(22)13(21)7-17(12)29)9-19(30,20(23,24)25)10-26-15-4-3-5-16-11(15)8-27-28-16/h3-7,26-30H,8-10H2,1-2H3. The molecule has 0 saturated heterocycles. The van der Waals surface area contributed by atoms with Crippen LogP contribution in [0.15, 0.2) is 30.3 Å². The Labute approximate surface area is 176 Å². The van der Waals surface area contributed by atoms with Crippen LogP contribution in [-0.2, 0) is 12.0 Å². The highest BCUT2D eigenvalue weighted by Crippen LogP contribution is 2.44. The summed E-state index contributed by atoms with van der Waals surface area (Å²) in [4.78, 5) is 0. The lowest BCUT2D eigenvalue weighted by molar-refractivity contribution is -0.260. The first kappa shape index (κ1) is 22.5. The zero-order valence-electron chi connectivity index (χ0n) is 16.3. The number of halogens is 5. The molecule has 1 aliphatic heterocycles. The first-order valence-electron chi connectivity index (χ1n) is 9.16. The first-order valence-corrected chi connectivity index (χ1v) is 9.54. The average Bonchev–Trinajstić information content (AvgIpc) is 3.11. The minimum Gasteiger partial charge on any atom is -0.508 e. The van der Waals surface area contributed by atoms with Crippen LogP contribution in [0.25, 0.3) is 0 Å². The van der Waals surface area contributed by atoms with Gasteiger partial charge in [-0.15, -0.1) is 0 Å². The summed E-state index contributed by atoms with van der Waals surface area (Å²) in [5.74, 6) is -1.31. The van der Waals surface area contributed by atoms with Gasteiger partial charge in [-0.2, -0.15) is 13.2 Å². The fourth-order valence-electron chi connectivity index (χ4n) is 3.70. The highest BCUT2D eigenvalue weighted by atomic mass is 35.5. The van der Waals surface area contributed by atoms with Gasteiger partial charge in [0, 0.05) is 29.4 Å². The molecule has 0 saturated carbocycles. The van der Waals surface area contributed by atoms with E-state index in [4.69, 9.17) is 11.6 Å². The van der Waals surface area contributed by atoms with E-state index in [2.05, 4.69) is 16.2 Å². The molecule has 164 valence electrons. The molecule has 5 N–H and O–H groups in total. The maximum atomic E-state index is 13.9. The summed E-state index contributed by atoms with van der Waals surface area (Å²) in [7, 11) is 0. The molecule has 0 radical (unpaired) electrons. The Hall–Kier alpha value is -2.23. The molecule has 30 heavy (non-hydrogen) atoms. The monoisotopic (exact) mass is 447 g/mol. The first-order chi connectivity index (χ1) is 13.8. The molecule has 0 spiro atoms. The number of hydrazine groups is 1. The Morgan fingerprint density at radius 1 is 1.20 bits per heavy atom. The highest BCUT2D eigenvalue weighted by molar-refractivity contribution is 6.30. The van der Waals surface area contributed by atoms with Gasteiger partial charge in [0.2, 0.25) is 0 Å². The van der Waals surface area contributed by atoms with Gasteiger partial charge in [-0.25, -0.2) is 9.82 Å². The van der Waals surface area contributed by atoms with Gasteiger partial charge >= 0.3 is 6.18 Å². The molecule has 5 nitrogen and oxygen atoms in total. The molecule has 1 aliphatic rings. The number of aromatic hydroxyl groups is 1. The van der Waals surface area contributed by atoms with E-state index < -0.39 is 41.7 Å². The zero-order valence-corrected chi connectivity index (χ0v) is 17.0. The second kappa shape index (κ2) is 7.79. The molecule has 1 atom stereocenters. The molecule has 0 fully saturated rings. The number of aliphatic hydroxyl groups is 1. The van der Waals surface area contributed by atoms with Crippen LogP contribution in [0.3, 0.4) is 0 Å². The molecule has 0 aromatic heterocycles. The molecule has 0 bridgehead atoms. The van der Waals surface area contributed by atoms with Gasteiger partial charge in [-0.3, -0.25) is 0 Å². The second-order valence-electron chi connectivity index (χ2n) is 8.04. The summed E-state index contributed by atoms with van der Waals surface area (Å²) in [5.41, 5.74) is 3.05. The molecule has 2 aromatic rings. The van der Waals surface area contributed by atoms with Crippen LogP contribution in [0.1, 0.15) is 31.4 Å². The lowest BCUT2D eigenvalue weighted by atomic mass is 9.74. The van der Waals surface area contributed by atoms with Crippen LogP contribution in [0.4, 0.5) is 28.9 Å². The van der Waals surface area contributed by atoms with Gasteiger partial charge in [-0.05, 0) is 30.0 Å². The minimum absolute atomic E-state index is 0.0823. The van der Waals surface area contributed by atoms with E-state index in [0.29, 0.717) is 12.2 Å². The van der Waals surface area contributed by atoms with Crippen molar-refractivity contribution in [2.45, 2.75) is 44.0 Å². The summed E-state index contributed by atoms with van der Waals surface area (Å²) in [6.07, 6.45) is -5.80. The van der Waals surface area contributed by atoms with E-state index in [1.807, 2.05) is 0 Å². The molecule has 0 amide bonds. The number of phenols is 1. The molecule has 0 aliphatic carbocycles. The molecule has 10 heteroatoms. The van der Waals surface area contributed by atoms with Gasteiger partial charge in [-0.1, -0.05) is 31.5 Å². The maximum Gasteiger partial charge on any atom is 0.418 e. The van der Waals surface area contributed by atoms with Crippen molar-refractivity contribution >= 4 is 23.0 Å². The Morgan fingerprint density at radius 3 is 2.57 bits per heavy atom. The van der Waals surface area contributed by atoms with Crippen molar-refractivity contribution in [1.29, 1.82) is 0 Å². The highest BCUT2D eigenvalue weighted by Gasteiger charge is 2.56. The maximum absolute atomic E-state index is 13.9. The third-order valence-corrected chi connectivity index (χ3v) is 5.55. The van der Waals surface area contributed by atoms with Crippen LogP contribution < -0.4 is 16.2 Å². The van der Waals surface area contributed by atoms with Crippen LogP contribution >= 0.6 is 11.6 Å². The summed E-state index contributed by atoms with van der Waals surface area (Å²) in [6.45, 7) is 2.36. The number of hydrogen-bond donors (Lipinski definition) is 5. The molecule has 2 aromatic carbocycles. The van der Waals surface area contributed by atoms with E-state index in [1.54, 1.807) is 18.2 Å². The van der Waals surface area contributed by atoms with Crippen LogP contribution in [0.2, 0.25) is 5.02 Å². The SMILES string of the molecule is CC(C)(CC(O)(CNc1cccc2c1CNN2)C(F)(F)F)c1cc(F)c(Cl)cc1O. The van der Waals surface area contributed by atoms with E-state index >= 15 is 0 Å². The van der Waals surface area contributed by atoms with Crippen molar-refractivity contribution in [3.8, 4) is 5.75 Å². The Balaban J connectivity index is 1.89. The Bertz CT molecular complexity index is 952. The lowest BCUT2D eigenvalue weighted by Crippen LogP contribution is -2.53. The molecular weight excluding hydrogens is 426 g/mol. The van der Waals surface area contributed by atoms with Crippen LogP contribution in [-0.4, -0.2) is 28.5 Å². The summed E-state index contributed by atoms with van der Waals surface area (Å²) in [6, 6.07) is 6.90. The topological polar surface area (TPSA) is 76.5 Å². The minimum atomic E-state index is -4.98. The van der Waals surface area contributed by atoms with Gasteiger partial charge in [0.15, 0.2) is 5.60 Å². The summed E-state index contributed by atoms with van der Waals surface area (Å²) < 4.78 is 55.6. The largest absolute Gasteiger partial charge is 0.508 e. The van der Waals surface area contributed by atoms with Gasteiger partial charge in [0.25, 0.3) is 0 Å². The van der Waals surface area contributed by atoms with Crippen LogP contribution in [0, 0.1) is 5.82 Å². The van der Waals surface area contributed by atoms with E-state index in [0.717, 1.165) is 23.4 Å². The van der Waals surface area contributed by atoms with Crippen molar-refractivity contribution in [3.05, 3.63) is 52.3 Å². The number of fused-ring (bicyclic) bond motifs is 1. The van der Waals surface area contributed by atoms with E-state index in [-0.39, 0.29) is 10.6 Å². The van der Waals surface area contributed by atoms with Crippen molar-refractivity contribution in [2.24, 2.45) is 0 Å². The molecule has 1 unspecified atom stereocenters. The normalized spacial score (nSPS) is 16.0. The van der Waals surface area contributed by atoms with Crippen LogP contribution in [0.5, 0.6) is 5.75 Å². The van der Waals surface area contributed by atoms with Crippen molar-refractivity contribution in [2.75, 3.05) is 17.3 Å². The number of hydrogen-bond acceptors (Lipinski definition) is 5. The van der Waals surface area contributed by atoms with E-state index in [9.17, 15) is 27.8 Å². The Morgan fingerprint density at radius 2 is 1.90 bits per heavy atom. The van der Waals surface area contributed by atoms with Gasteiger partial charge in [0.1, 0.15) is 11.6 Å². The zero-order chi connectivity index (χ0) is 22.3. The van der Waals surface area contributed by atoms with E-state index in [1.165, 1.54) is 13.8 Å². The predicted molar refractivity (Wildman–Crippen MR) is 107 cm³/mol. The average molecular weight is 448 g/mol. The summed E-state index contributed by atoms with van der Waals surface area (Å²) in [5, 5.41) is 23.1. The summed E-state index contributed by atoms with van der Waals surface area (Å²) >= 11 is 5.62. The number of phenolic OH excluding ortho intramolecular Hbond substituents is 1. The Kier molecular flexibility index (Phi) is 5.83. The third-order valence-electron chi connectivity index (χ3n) is 5.27. The lowest BCUT2D eigenvalue weighted by Gasteiger charge is -2.38. The number of benzene rings is 2. The fourth-order valence-corrected chi connectivity index (χ4v) is 3.85. The second-order valence-corrected chi connectivity index (χ2v) is 8.44. The van der Waals surface area contributed by atoms with Gasteiger partial charge in [0.05, 0.1) is 17.3 Å². The predicted octanol–water partition coefficient (Wildman–Crippen LogP) is 4.69.